The van der Waals surface area contributed by atoms with Crippen molar-refractivity contribution in [2.24, 2.45) is 0 Å². The van der Waals surface area contributed by atoms with Crippen LogP contribution < -0.4 is 0 Å². The van der Waals surface area contributed by atoms with Gasteiger partial charge in [-0.3, -0.25) is 0 Å². The van der Waals surface area contributed by atoms with E-state index in [2.05, 4.69) is 6.55 Å². The summed E-state index contributed by atoms with van der Waals surface area (Å²) in [5.41, 5.74) is 0. The Kier molecular flexibility index (Phi) is 718. The third-order valence-electron chi connectivity index (χ3n) is 0. The number of rotatable bonds is 0. The molecule has 0 amide bonds. The molecule has 0 saturated heterocycles. The Morgan fingerprint density at radius 2 is 1.00 bits per heavy atom. The Bertz CT molecular complexity index is 9.61. The van der Waals surface area contributed by atoms with Crippen molar-refractivity contribution in [1.29, 1.82) is 0 Å². The van der Waals surface area contributed by atoms with Gasteiger partial charge in [0.15, 0.2) is 0 Å². The van der Waals surface area contributed by atoms with Crippen molar-refractivity contribution < 1.29 is 11.0 Å². The van der Waals surface area contributed by atoms with E-state index in [1.54, 1.807) is 0 Å². The van der Waals surface area contributed by atoms with Crippen LogP contribution in [0.3, 0.4) is 0 Å². The van der Waals surface area contributed by atoms with Crippen molar-refractivity contribution in [3.05, 3.63) is 0 Å². The molecule has 0 aromatic heterocycles. The van der Waals surface area contributed by atoms with Crippen molar-refractivity contribution in [3.63, 3.8) is 0 Å². The molecule has 0 aromatic carbocycles. The average molecular weight is 104 g/mol. The molecule has 0 atom stereocenters. The van der Waals surface area contributed by atoms with Crippen molar-refractivity contribution in [1.82, 2.24) is 0 Å². The maximum absolute atomic E-state index is 2.14. The standard InChI is InChI=1S/CH6Si.Mg.2H2O/c1-2;;;/h1-2H3;;2*1H2/q;+2;;/p-2. The van der Waals surface area contributed by atoms with Crippen LogP contribution >= 0.6 is 0 Å². The minimum absolute atomic E-state index is 0. The Hall–Kier alpha value is 0.903. The maximum atomic E-state index is 2.14. The van der Waals surface area contributed by atoms with E-state index in [0.29, 0.717) is 0 Å². The summed E-state index contributed by atoms with van der Waals surface area (Å²) < 4.78 is 0. The van der Waals surface area contributed by atoms with Crippen LogP contribution in [0.25, 0.3) is 0 Å². The van der Waals surface area contributed by atoms with E-state index in [-0.39, 0.29) is 34.0 Å². The van der Waals surface area contributed by atoms with Crippen LogP contribution in [0.15, 0.2) is 0 Å². The third kappa shape index (κ3) is 50.7. The second-order valence-corrected chi connectivity index (χ2v) is 0. The molecule has 30 valence electrons. The maximum Gasteiger partial charge on any atom is 2.00 e. The molecular weight excluding hydrogens is 96.4 g/mol. The van der Waals surface area contributed by atoms with Crippen LogP contribution in [-0.4, -0.2) is 44.2 Å². The van der Waals surface area contributed by atoms with Gasteiger partial charge in [-0.1, -0.05) is 6.55 Å². The van der Waals surface area contributed by atoms with Gasteiger partial charge in [0.25, 0.3) is 0 Å². The Balaban J connectivity index is -0.00000000167. The fourth-order valence-corrected chi connectivity index (χ4v) is 0. The molecule has 0 aliphatic heterocycles. The normalized spacial score (nSPS) is 1.80. The van der Waals surface area contributed by atoms with Gasteiger partial charge >= 0.3 is 23.1 Å². The third-order valence-corrected chi connectivity index (χ3v) is 0. The summed E-state index contributed by atoms with van der Waals surface area (Å²) in [5, 5.41) is 0. The summed E-state index contributed by atoms with van der Waals surface area (Å²) in [6.07, 6.45) is 0. The Morgan fingerprint density at radius 3 is 1.00 bits per heavy atom. The predicted octanol–water partition coefficient (Wildman–Crippen LogP) is -1.33. The van der Waals surface area contributed by atoms with Crippen LogP contribution in [0.5, 0.6) is 0 Å². The van der Waals surface area contributed by atoms with E-state index in [1.807, 2.05) is 0 Å². The molecule has 0 radical (unpaired) electrons. The van der Waals surface area contributed by atoms with Gasteiger partial charge in [-0.05, 0) is 10.2 Å². The van der Waals surface area contributed by atoms with Gasteiger partial charge in [-0.25, -0.2) is 0 Å². The Morgan fingerprint density at radius 1 is 1.00 bits per heavy atom. The molecule has 0 saturated carbocycles. The zero-order chi connectivity index (χ0) is 2.00. The second-order valence-electron chi connectivity index (χ2n) is 0. The van der Waals surface area contributed by atoms with Crippen LogP contribution in [0.1, 0.15) is 0 Å². The van der Waals surface area contributed by atoms with Gasteiger partial charge in [0.1, 0.15) is 0 Å². The van der Waals surface area contributed by atoms with E-state index in [4.69, 9.17) is 0 Å². The van der Waals surface area contributed by atoms with E-state index in [1.165, 1.54) is 10.2 Å². The molecule has 2 N–H and O–H groups in total. The first-order valence-electron chi connectivity index (χ1n) is 1.00. The van der Waals surface area contributed by atoms with Gasteiger partial charge in [0.05, 0.1) is 0 Å². The van der Waals surface area contributed by atoms with Crippen LogP contribution in [0.4, 0.5) is 0 Å². The molecule has 0 rings (SSSR count). The number of hydrogen-bond donors (Lipinski definition) is 0. The summed E-state index contributed by atoms with van der Waals surface area (Å²) >= 11 is 0. The molecule has 0 aliphatic carbocycles. The largest absolute Gasteiger partial charge is 2.00 e. The summed E-state index contributed by atoms with van der Waals surface area (Å²) in [5.74, 6) is 0. The summed E-state index contributed by atoms with van der Waals surface area (Å²) in [4.78, 5) is 0. The summed E-state index contributed by atoms with van der Waals surface area (Å²) in [7, 11) is 1.31. The van der Waals surface area contributed by atoms with E-state index < -0.39 is 0 Å². The van der Waals surface area contributed by atoms with E-state index in [9.17, 15) is 0 Å². The minimum Gasteiger partial charge on any atom is -0.870 e. The fourth-order valence-electron chi connectivity index (χ4n) is 0. The Labute approximate surface area is 51.1 Å². The molecule has 0 spiro atoms. The van der Waals surface area contributed by atoms with Gasteiger partial charge < -0.3 is 11.0 Å². The monoisotopic (exact) mass is 104 g/mol. The first kappa shape index (κ1) is 39.2. The predicted molar refractivity (Wildman–Crippen MR) is 25.4 cm³/mol. The molecule has 0 unspecified atom stereocenters. The van der Waals surface area contributed by atoms with Crippen LogP contribution in [0, 0.1) is 0 Å². The van der Waals surface area contributed by atoms with Gasteiger partial charge in [0.2, 0.25) is 0 Å². The van der Waals surface area contributed by atoms with Crippen molar-refractivity contribution in [3.8, 4) is 0 Å². The van der Waals surface area contributed by atoms with E-state index >= 15 is 0 Å². The molecule has 4 heteroatoms. The number of hydrogen-bond acceptors (Lipinski definition) is 2. The second kappa shape index (κ2) is 91.6. The molecule has 0 aliphatic rings. The summed E-state index contributed by atoms with van der Waals surface area (Å²) in [6.45, 7) is 2.14. The zero-order valence-corrected chi connectivity index (χ0v) is 7.02. The van der Waals surface area contributed by atoms with Gasteiger partial charge in [0, 0.05) is 0 Å². The van der Waals surface area contributed by atoms with Crippen molar-refractivity contribution in [2.75, 3.05) is 0 Å². The molecule has 2 nitrogen and oxygen atoms in total. The molecular formula is CH8MgO2Si. The average Bonchev–Trinajstić information content (AvgIpc) is 1.00. The minimum atomic E-state index is 0. The zero-order valence-electron chi connectivity index (χ0n) is 3.60. The van der Waals surface area contributed by atoms with Crippen molar-refractivity contribution in [2.45, 2.75) is 6.55 Å². The first-order valence-corrected chi connectivity index (χ1v) is 3.00. The van der Waals surface area contributed by atoms with Crippen LogP contribution in [-0.2, 0) is 0 Å². The molecule has 0 bridgehead atoms. The first-order chi connectivity index (χ1) is 1.00. The quantitative estimate of drug-likeness (QED) is 0.357. The molecule has 0 aromatic rings. The van der Waals surface area contributed by atoms with Crippen molar-refractivity contribution >= 4 is 33.3 Å². The van der Waals surface area contributed by atoms with Gasteiger partial charge in [-0.2, -0.15) is 0 Å². The SMILES string of the molecule is C[SiH3].[Mg+2].[OH-].[OH-]. The molecule has 5 heavy (non-hydrogen) atoms. The fraction of sp³-hybridized carbons (Fsp3) is 1.00. The molecule has 0 fully saturated rings. The summed E-state index contributed by atoms with van der Waals surface area (Å²) in [6, 6.07) is 0. The van der Waals surface area contributed by atoms with Crippen LogP contribution in [0.2, 0.25) is 6.55 Å². The molecule has 0 heterocycles. The van der Waals surface area contributed by atoms with Gasteiger partial charge in [-0.15, -0.1) is 0 Å². The van der Waals surface area contributed by atoms with E-state index in [0.717, 1.165) is 0 Å². The smallest absolute Gasteiger partial charge is 0.870 e. The topological polar surface area (TPSA) is 60.0 Å².